The maximum atomic E-state index is 11.5. The van der Waals surface area contributed by atoms with Gasteiger partial charge in [-0.3, -0.25) is 4.55 Å². The topological polar surface area (TPSA) is 74.6 Å². The van der Waals surface area contributed by atoms with Crippen molar-refractivity contribution in [2.45, 2.75) is 141 Å². The summed E-state index contributed by atoms with van der Waals surface area (Å²) in [6.07, 6.45) is 22.8. The van der Waals surface area contributed by atoms with E-state index in [-0.39, 0.29) is 6.61 Å². The molecule has 5 heteroatoms. The van der Waals surface area contributed by atoms with Crippen LogP contribution < -0.4 is 0 Å². The lowest BCUT2D eigenvalue weighted by molar-refractivity contribution is 0.282. The van der Waals surface area contributed by atoms with E-state index >= 15 is 0 Å². The van der Waals surface area contributed by atoms with Crippen molar-refractivity contribution in [2.75, 3.05) is 6.61 Å². The Labute approximate surface area is 175 Å². The summed E-state index contributed by atoms with van der Waals surface area (Å²) in [7, 11) is -3.93. The molecule has 0 rings (SSSR count). The minimum Gasteiger partial charge on any atom is -0.396 e. The highest BCUT2D eigenvalue weighted by Crippen LogP contribution is 2.19. The molecule has 0 saturated heterocycles. The van der Waals surface area contributed by atoms with Crippen LogP contribution in [0.1, 0.15) is 135 Å². The molecule has 0 fully saturated rings. The van der Waals surface area contributed by atoms with Crippen LogP contribution in [-0.2, 0) is 10.1 Å². The van der Waals surface area contributed by atoms with Crippen LogP contribution in [0.3, 0.4) is 0 Å². The van der Waals surface area contributed by atoms with Gasteiger partial charge in [-0.15, -0.1) is 0 Å². The highest BCUT2D eigenvalue weighted by molar-refractivity contribution is 7.86. The van der Waals surface area contributed by atoms with Gasteiger partial charge < -0.3 is 5.11 Å². The van der Waals surface area contributed by atoms with E-state index in [0.29, 0.717) is 19.3 Å². The van der Waals surface area contributed by atoms with Crippen molar-refractivity contribution in [2.24, 2.45) is 0 Å². The van der Waals surface area contributed by atoms with Gasteiger partial charge in [0.25, 0.3) is 10.1 Å². The quantitative estimate of drug-likeness (QED) is 0.145. The fraction of sp³-hybridized carbons (Fsp3) is 1.00. The highest BCUT2D eigenvalue weighted by Gasteiger charge is 2.21. The Balaban J connectivity index is 3.46. The summed E-state index contributed by atoms with van der Waals surface area (Å²) in [5.74, 6) is 0. The largest absolute Gasteiger partial charge is 0.396 e. The molecular formula is C23H48O4S. The summed E-state index contributed by atoms with van der Waals surface area (Å²) in [6.45, 7) is 2.41. The van der Waals surface area contributed by atoms with Crippen LogP contribution in [-0.4, -0.2) is 29.9 Å². The molecule has 0 aliphatic rings. The van der Waals surface area contributed by atoms with Gasteiger partial charge in [-0.1, -0.05) is 116 Å². The summed E-state index contributed by atoms with van der Waals surface area (Å²) in [5, 5.41) is 8.16. The average Bonchev–Trinajstić information content (AvgIpc) is 2.65. The van der Waals surface area contributed by atoms with E-state index in [4.69, 9.17) is 5.11 Å². The van der Waals surface area contributed by atoms with Crippen LogP contribution in [0.15, 0.2) is 0 Å². The standard InChI is InChI=1S/C23H48O4S/c1-2-3-4-5-6-7-8-9-10-11-12-13-14-15-17-20-23(28(25,26)27)21-18-16-19-22-24/h23-24H,2-22H2,1H3,(H,25,26,27). The molecule has 170 valence electrons. The van der Waals surface area contributed by atoms with Crippen LogP contribution in [0.2, 0.25) is 0 Å². The van der Waals surface area contributed by atoms with E-state index in [9.17, 15) is 13.0 Å². The van der Waals surface area contributed by atoms with Crippen LogP contribution in [0.4, 0.5) is 0 Å². The molecule has 0 aromatic carbocycles. The molecule has 0 aliphatic carbocycles. The highest BCUT2D eigenvalue weighted by atomic mass is 32.2. The Kier molecular flexibility index (Phi) is 20.1. The maximum Gasteiger partial charge on any atom is 0.267 e. The predicted molar refractivity (Wildman–Crippen MR) is 120 cm³/mol. The number of aliphatic hydroxyl groups excluding tert-OH is 1. The number of hydrogen-bond donors (Lipinski definition) is 2. The number of aliphatic hydroxyl groups is 1. The van der Waals surface area contributed by atoms with Crippen molar-refractivity contribution in [3.63, 3.8) is 0 Å². The molecule has 4 nitrogen and oxygen atoms in total. The molecule has 0 aliphatic heterocycles. The van der Waals surface area contributed by atoms with Gasteiger partial charge in [0.15, 0.2) is 0 Å². The van der Waals surface area contributed by atoms with E-state index in [1.54, 1.807) is 0 Å². The van der Waals surface area contributed by atoms with Crippen molar-refractivity contribution in [3.05, 3.63) is 0 Å². The zero-order valence-electron chi connectivity index (χ0n) is 18.5. The number of unbranched alkanes of at least 4 members (excludes halogenated alkanes) is 16. The first-order chi connectivity index (χ1) is 13.5. The van der Waals surface area contributed by atoms with E-state index in [1.165, 1.54) is 83.5 Å². The van der Waals surface area contributed by atoms with Crippen LogP contribution in [0.25, 0.3) is 0 Å². The summed E-state index contributed by atoms with van der Waals surface area (Å²) in [4.78, 5) is 0. The normalized spacial score (nSPS) is 13.1. The van der Waals surface area contributed by atoms with Crippen LogP contribution in [0.5, 0.6) is 0 Å². The SMILES string of the molecule is CCCCCCCCCCCCCCCCCC(CCCCCO)S(=O)(=O)O. The van der Waals surface area contributed by atoms with E-state index in [2.05, 4.69) is 6.92 Å². The molecule has 1 unspecified atom stereocenters. The second kappa shape index (κ2) is 20.2. The summed E-state index contributed by atoms with van der Waals surface area (Å²) in [6, 6.07) is 0. The van der Waals surface area contributed by atoms with Gasteiger partial charge in [0, 0.05) is 6.61 Å². The maximum absolute atomic E-state index is 11.5. The molecule has 2 N–H and O–H groups in total. The Morgan fingerprint density at radius 3 is 1.21 bits per heavy atom. The molecule has 0 amide bonds. The molecule has 0 aromatic rings. The molecule has 28 heavy (non-hydrogen) atoms. The Hall–Kier alpha value is -0.130. The summed E-state index contributed by atoms with van der Waals surface area (Å²) in [5.41, 5.74) is 0. The Bertz CT molecular complexity index is 409. The van der Waals surface area contributed by atoms with Gasteiger partial charge in [0.1, 0.15) is 0 Å². The van der Waals surface area contributed by atoms with Crippen LogP contribution >= 0.6 is 0 Å². The fourth-order valence-electron chi connectivity index (χ4n) is 3.85. The monoisotopic (exact) mass is 420 g/mol. The molecular weight excluding hydrogens is 372 g/mol. The van der Waals surface area contributed by atoms with E-state index < -0.39 is 15.4 Å². The van der Waals surface area contributed by atoms with Crippen molar-refractivity contribution in [1.82, 2.24) is 0 Å². The van der Waals surface area contributed by atoms with Gasteiger partial charge in [-0.25, -0.2) is 0 Å². The summed E-state index contributed by atoms with van der Waals surface area (Å²) >= 11 is 0. The minimum atomic E-state index is -3.93. The van der Waals surface area contributed by atoms with Crippen LogP contribution in [0, 0.1) is 0 Å². The van der Waals surface area contributed by atoms with Gasteiger partial charge >= 0.3 is 0 Å². The van der Waals surface area contributed by atoms with Crippen molar-refractivity contribution >= 4 is 10.1 Å². The van der Waals surface area contributed by atoms with Crippen molar-refractivity contribution in [1.29, 1.82) is 0 Å². The van der Waals surface area contributed by atoms with E-state index in [1.807, 2.05) is 0 Å². The lowest BCUT2D eigenvalue weighted by atomic mass is 10.0. The zero-order valence-corrected chi connectivity index (χ0v) is 19.4. The van der Waals surface area contributed by atoms with Gasteiger partial charge in [-0.2, -0.15) is 8.42 Å². The zero-order chi connectivity index (χ0) is 20.9. The third-order valence-electron chi connectivity index (χ3n) is 5.74. The number of hydrogen-bond acceptors (Lipinski definition) is 3. The smallest absolute Gasteiger partial charge is 0.267 e. The molecule has 0 aromatic heterocycles. The van der Waals surface area contributed by atoms with Gasteiger partial charge in [-0.05, 0) is 19.3 Å². The second-order valence-electron chi connectivity index (χ2n) is 8.45. The van der Waals surface area contributed by atoms with Gasteiger partial charge in [0.2, 0.25) is 0 Å². The Morgan fingerprint density at radius 2 is 0.893 bits per heavy atom. The second-order valence-corrected chi connectivity index (χ2v) is 10.1. The number of rotatable bonds is 22. The van der Waals surface area contributed by atoms with Gasteiger partial charge in [0.05, 0.1) is 5.25 Å². The minimum absolute atomic E-state index is 0.148. The molecule has 0 saturated carbocycles. The third-order valence-corrected chi connectivity index (χ3v) is 7.05. The summed E-state index contributed by atoms with van der Waals surface area (Å²) < 4.78 is 32.3. The average molecular weight is 421 g/mol. The molecule has 0 heterocycles. The first-order valence-electron chi connectivity index (χ1n) is 12.1. The molecule has 1 atom stereocenters. The van der Waals surface area contributed by atoms with Crippen molar-refractivity contribution < 1.29 is 18.1 Å². The predicted octanol–water partition coefficient (Wildman–Crippen LogP) is 7.06. The molecule has 0 radical (unpaired) electrons. The lowest BCUT2D eigenvalue weighted by Crippen LogP contribution is -2.20. The lowest BCUT2D eigenvalue weighted by Gasteiger charge is -2.13. The first kappa shape index (κ1) is 27.9. The van der Waals surface area contributed by atoms with E-state index in [0.717, 1.165) is 25.7 Å². The molecule has 0 bridgehead atoms. The fourth-order valence-corrected chi connectivity index (χ4v) is 4.78. The first-order valence-corrected chi connectivity index (χ1v) is 13.6. The third kappa shape index (κ3) is 19.2. The van der Waals surface area contributed by atoms with Crippen molar-refractivity contribution in [3.8, 4) is 0 Å². The Morgan fingerprint density at radius 1 is 0.571 bits per heavy atom. The molecule has 0 spiro atoms.